The predicted octanol–water partition coefficient (Wildman–Crippen LogP) is 2.53. The molecule has 2 heterocycles. The predicted molar refractivity (Wildman–Crippen MR) is 48.2 cm³/mol. The Balaban J connectivity index is 3.02. The van der Waals surface area contributed by atoms with Gasteiger partial charge in [0.25, 0.3) is 0 Å². The summed E-state index contributed by atoms with van der Waals surface area (Å²) in [4.78, 5) is 6.16. The Hall–Kier alpha value is -1.09. The van der Waals surface area contributed by atoms with E-state index in [1.54, 1.807) is 0 Å². The van der Waals surface area contributed by atoms with E-state index in [0.29, 0.717) is 0 Å². The Bertz CT molecular complexity index is 439. The first kappa shape index (κ1) is 6.61. The third kappa shape index (κ3) is 0.973. The fourth-order valence-corrected chi connectivity index (χ4v) is 1.55. The molecule has 56 valence electrons. The summed E-state index contributed by atoms with van der Waals surface area (Å²) in [6.07, 6.45) is 1.90. The normalized spacial score (nSPS) is 10.6. The molecule has 0 aliphatic carbocycles. The van der Waals surface area contributed by atoms with Gasteiger partial charge in [-0.25, -0.2) is 0 Å². The Morgan fingerprint density at radius 1 is 1.45 bits per heavy atom. The zero-order valence-corrected chi connectivity index (χ0v) is 6.96. The molecule has 0 spiro atoms. The maximum Gasteiger partial charge on any atom is 0.127 e. The number of fused-ring (bicyclic) bond motifs is 1. The first-order chi connectivity index (χ1) is 5.27. The molecule has 0 aliphatic rings. The summed E-state index contributed by atoms with van der Waals surface area (Å²) in [7, 11) is 0. The monoisotopic (exact) mass is 164 g/mol. The minimum atomic E-state index is 0.782. The van der Waals surface area contributed by atoms with Crippen molar-refractivity contribution in [1.82, 2.24) is 9.97 Å². The highest BCUT2D eigenvalue weighted by Gasteiger charge is 1.95. The van der Waals surface area contributed by atoms with Crippen LogP contribution in [-0.4, -0.2) is 9.97 Å². The molecule has 2 aromatic rings. The summed E-state index contributed by atoms with van der Waals surface area (Å²) in [5, 5.41) is 1.17. The van der Waals surface area contributed by atoms with Gasteiger partial charge < -0.3 is 9.97 Å². The van der Waals surface area contributed by atoms with Crippen molar-refractivity contribution in [2.24, 2.45) is 0 Å². The molecule has 0 saturated carbocycles. The third-order valence-corrected chi connectivity index (χ3v) is 2.00. The van der Waals surface area contributed by atoms with Crippen LogP contribution >= 0.6 is 12.2 Å². The number of nitrogens with one attached hydrogen (secondary N) is 2. The number of H-pyrrole nitrogens is 2. The standard InChI is InChI=1S/C8H8N2S/c1-5-4-6-2-3-9-7(6)8(11)10-5/h2-4,9H,1H3,(H,10,11). The molecule has 2 aromatic heterocycles. The number of aryl methyl sites for hydroxylation is 1. The molecular formula is C8H8N2S. The van der Waals surface area contributed by atoms with Crippen LogP contribution < -0.4 is 0 Å². The number of rotatable bonds is 0. The van der Waals surface area contributed by atoms with Gasteiger partial charge in [0.1, 0.15) is 4.64 Å². The second kappa shape index (κ2) is 2.20. The maximum atomic E-state index is 5.11. The molecule has 0 aromatic carbocycles. The zero-order valence-electron chi connectivity index (χ0n) is 6.14. The van der Waals surface area contributed by atoms with Crippen molar-refractivity contribution >= 4 is 23.1 Å². The van der Waals surface area contributed by atoms with Crippen LogP contribution in [0.2, 0.25) is 0 Å². The first-order valence-electron chi connectivity index (χ1n) is 3.44. The SMILES string of the molecule is Cc1cc2cc[nH]c2c(=S)[nH]1. The molecule has 0 unspecified atom stereocenters. The van der Waals surface area contributed by atoms with E-state index in [4.69, 9.17) is 12.2 Å². The highest BCUT2D eigenvalue weighted by molar-refractivity contribution is 7.71. The van der Waals surface area contributed by atoms with Gasteiger partial charge in [-0.2, -0.15) is 0 Å². The number of pyridine rings is 1. The van der Waals surface area contributed by atoms with Crippen molar-refractivity contribution in [2.45, 2.75) is 6.92 Å². The van der Waals surface area contributed by atoms with E-state index in [1.807, 2.05) is 19.2 Å². The number of aromatic nitrogens is 2. The summed E-state index contributed by atoms with van der Waals surface area (Å²) in [6.45, 7) is 2.00. The van der Waals surface area contributed by atoms with E-state index in [9.17, 15) is 0 Å². The van der Waals surface area contributed by atoms with Crippen molar-refractivity contribution in [3.63, 3.8) is 0 Å². The molecule has 0 amide bonds. The smallest absolute Gasteiger partial charge is 0.127 e. The lowest BCUT2D eigenvalue weighted by Gasteiger charge is -1.93. The van der Waals surface area contributed by atoms with Crippen molar-refractivity contribution in [3.05, 3.63) is 28.7 Å². The first-order valence-corrected chi connectivity index (χ1v) is 3.85. The van der Waals surface area contributed by atoms with E-state index in [1.165, 1.54) is 5.39 Å². The summed E-state index contributed by atoms with van der Waals surface area (Å²) < 4.78 is 0.782. The van der Waals surface area contributed by atoms with Crippen molar-refractivity contribution < 1.29 is 0 Å². The van der Waals surface area contributed by atoms with Crippen molar-refractivity contribution in [3.8, 4) is 0 Å². The van der Waals surface area contributed by atoms with E-state index in [-0.39, 0.29) is 0 Å². The van der Waals surface area contributed by atoms with Gasteiger partial charge >= 0.3 is 0 Å². The van der Waals surface area contributed by atoms with Crippen molar-refractivity contribution in [1.29, 1.82) is 0 Å². The van der Waals surface area contributed by atoms with E-state index in [2.05, 4.69) is 16.0 Å². The Morgan fingerprint density at radius 2 is 2.27 bits per heavy atom. The Kier molecular flexibility index (Phi) is 1.32. The van der Waals surface area contributed by atoms with Crippen molar-refractivity contribution in [2.75, 3.05) is 0 Å². The Labute approximate surface area is 69.3 Å². The lowest BCUT2D eigenvalue weighted by atomic mass is 10.3. The van der Waals surface area contributed by atoms with Crippen LogP contribution in [-0.2, 0) is 0 Å². The van der Waals surface area contributed by atoms with E-state index in [0.717, 1.165) is 15.9 Å². The molecule has 11 heavy (non-hydrogen) atoms. The van der Waals surface area contributed by atoms with E-state index >= 15 is 0 Å². The summed E-state index contributed by atoms with van der Waals surface area (Å²) in [5.41, 5.74) is 2.12. The largest absolute Gasteiger partial charge is 0.359 e. The summed E-state index contributed by atoms with van der Waals surface area (Å²) in [6, 6.07) is 4.09. The number of hydrogen-bond donors (Lipinski definition) is 2. The molecule has 3 heteroatoms. The van der Waals surface area contributed by atoms with Crippen LogP contribution in [0.25, 0.3) is 10.9 Å². The molecule has 2 nitrogen and oxygen atoms in total. The van der Waals surface area contributed by atoms with Crippen LogP contribution in [0.3, 0.4) is 0 Å². The Morgan fingerprint density at radius 3 is 3.09 bits per heavy atom. The minimum absolute atomic E-state index is 0.782. The van der Waals surface area contributed by atoms with Gasteiger partial charge in [0.2, 0.25) is 0 Å². The van der Waals surface area contributed by atoms with Gasteiger partial charge in [0, 0.05) is 17.3 Å². The average molecular weight is 164 g/mol. The fourth-order valence-electron chi connectivity index (χ4n) is 1.21. The highest BCUT2D eigenvalue weighted by Crippen LogP contribution is 2.12. The lowest BCUT2D eigenvalue weighted by Crippen LogP contribution is -1.81. The second-order valence-electron chi connectivity index (χ2n) is 2.59. The summed E-state index contributed by atoms with van der Waals surface area (Å²) >= 11 is 5.11. The molecular weight excluding hydrogens is 156 g/mol. The topological polar surface area (TPSA) is 31.6 Å². The van der Waals surface area contributed by atoms with Gasteiger partial charge in [-0.05, 0) is 19.1 Å². The summed E-state index contributed by atoms with van der Waals surface area (Å²) in [5.74, 6) is 0. The van der Waals surface area contributed by atoms with E-state index < -0.39 is 0 Å². The molecule has 0 atom stereocenters. The lowest BCUT2D eigenvalue weighted by molar-refractivity contribution is 1.20. The van der Waals surface area contributed by atoms with Crippen LogP contribution in [0.1, 0.15) is 5.69 Å². The number of hydrogen-bond acceptors (Lipinski definition) is 1. The molecule has 2 N–H and O–H groups in total. The maximum absolute atomic E-state index is 5.11. The zero-order chi connectivity index (χ0) is 7.84. The minimum Gasteiger partial charge on any atom is -0.359 e. The van der Waals surface area contributed by atoms with Gasteiger partial charge in [-0.3, -0.25) is 0 Å². The molecule has 0 bridgehead atoms. The molecule has 0 radical (unpaired) electrons. The quantitative estimate of drug-likeness (QED) is 0.576. The van der Waals surface area contributed by atoms with Crippen LogP contribution in [0, 0.1) is 11.6 Å². The average Bonchev–Trinajstić information content (AvgIpc) is 2.34. The fraction of sp³-hybridized carbons (Fsp3) is 0.125. The second-order valence-corrected chi connectivity index (χ2v) is 3.00. The van der Waals surface area contributed by atoms with Gasteiger partial charge in [-0.1, -0.05) is 12.2 Å². The third-order valence-electron chi connectivity index (χ3n) is 1.69. The number of aromatic amines is 2. The molecule has 0 aliphatic heterocycles. The van der Waals surface area contributed by atoms with Gasteiger partial charge in [0.15, 0.2) is 0 Å². The van der Waals surface area contributed by atoms with Gasteiger partial charge in [-0.15, -0.1) is 0 Å². The molecule has 0 fully saturated rings. The molecule has 2 rings (SSSR count). The van der Waals surface area contributed by atoms with Gasteiger partial charge in [0.05, 0.1) is 5.52 Å². The van der Waals surface area contributed by atoms with Crippen LogP contribution in [0.15, 0.2) is 18.3 Å². The molecule has 0 saturated heterocycles. The van der Waals surface area contributed by atoms with Crippen LogP contribution in [0.4, 0.5) is 0 Å². The highest BCUT2D eigenvalue weighted by atomic mass is 32.1. The van der Waals surface area contributed by atoms with Crippen LogP contribution in [0.5, 0.6) is 0 Å².